The van der Waals surface area contributed by atoms with Crippen molar-refractivity contribution in [3.63, 3.8) is 0 Å². The van der Waals surface area contributed by atoms with Crippen molar-refractivity contribution in [2.45, 2.75) is 12.6 Å². The molecule has 18 heavy (non-hydrogen) atoms. The Balaban J connectivity index is 1.83. The van der Waals surface area contributed by atoms with Crippen molar-refractivity contribution in [3.05, 3.63) is 42.7 Å². The van der Waals surface area contributed by atoms with Gasteiger partial charge in [-0.15, -0.1) is 0 Å². The van der Waals surface area contributed by atoms with Crippen LogP contribution in [0.15, 0.2) is 42.7 Å². The van der Waals surface area contributed by atoms with Gasteiger partial charge in [-0.25, -0.2) is 0 Å². The molecule has 1 atom stereocenters. The minimum Gasteiger partial charge on any atom is -0.497 e. The molecule has 5 nitrogen and oxygen atoms in total. The maximum absolute atomic E-state index is 9.85. The van der Waals surface area contributed by atoms with E-state index >= 15 is 0 Å². The van der Waals surface area contributed by atoms with Gasteiger partial charge in [0.15, 0.2) is 0 Å². The van der Waals surface area contributed by atoms with Gasteiger partial charge in [0.05, 0.1) is 19.8 Å². The van der Waals surface area contributed by atoms with Gasteiger partial charge in [0, 0.05) is 30.7 Å². The third kappa shape index (κ3) is 3.49. The largest absolute Gasteiger partial charge is 0.497 e. The highest BCUT2D eigenvalue weighted by molar-refractivity contribution is 5.48. The van der Waals surface area contributed by atoms with E-state index in [0.717, 1.165) is 11.4 Å². The van der Waals surface area contributed by atoms with Crippen LogP contribution in [0.4, 0.5) is 5.69 Å². The molecule has 2 aromatic rings. The minimum atomic E-state index is -0.490. The van der Waals surface area contributed by atoms with Gasteiger partial charge in [-0.05, 0) is 18.2 Å². The van der Waals surface area contributed by atoms with Crippen LogP contribution in [0.25, 0.3) is 0 Å². The van der Waals surface area contributed by atoms with Crippen molar-refractivity contribution in [1.29, 1.82) is 0 Å². The Hall–Kier alpha value is -2.01. The summed E-state index contributed by atoms with van der Waals surface area (Å²) >= 11 is 0. The van der Waals surface area contributed by atoms with Crippen molar-refractivity contribution >= 4 is 5.69 Å². The number of aliphatic hydroxyl groups excluding tert-OH is 1. The zero-order valence-corrected chi connectivity index (χ0v) is 10.3. The summed E-state index contributed by atoms with van der Waals surface area (Å²) in [7, 11) is 1.63. The highest BCUT2D eigenvalue weighted by Crippen LogP contribution is 2.16. The van der Waals surface area contributed by atoms with Crippen LogP contribution in [0.5, 0.6) is 5.75 Å². The van der Waals surface area contributed by atoms with Gasteiger partial charge >= 0.3 is 0 Å². The van der Waals surface area contributed by atoms with Crippen LogP contribution in [0.1, 0.15) is 0 Å². The van der Waals surface area contributed by atoms with Gasteiger partial charge in [0.1, 0.15) is 5.75 Å². The molecule has 2 N–H and O–H groups in total. The number of benzene rings is 1. The van der Waals surface area contributed by atoms with Crippen molar-refractivity contribution < 1.29 is 9.84 Å². The predicted octanol–water partition coefficient (Wildman–Crippen LogP) is 1.36. The maximum atomic E-state index is 9.85. The molecule has 0 aliphatic heterocycles. The van der Waals surface area contributed by atoms with E-state index in [1.807, 2.05) is 36.5 Å². The summed E-state index contributed by atoms with van der Waals surface area (Å²) in [6.07, 6.45) is 3.04. The number of aliphatic hydroxyl groups is 1. The zero-order chi connectivity index (χ0) is 12.8. The molecule has 1 heterocycles. The Morgan fingerprint density at radius 1 is 1.44 bits per heavy atom. The normalized spacial score (nSPS) is 12.1. The van der Waals surface area contributed by atoms with E-state index in [4.69, 9.17) is 4.74 Å². The second-order valence-corrected chi connectivity index (χ2v) is 3.99. The van der Waals surface area contributed by atoms with Crippen molar-refractivity contribution in [1.82, 2.24) is 9.78 Å². The van der Waals surface area contributed by atoms with Crippen molar-refractivity contribution in [2.24, 2.45) is 0 Å². The fraction of sp³-hybridized carbons (Fsp3) is 0.308. The lowest BCUT2D eigenvalue weighted by Gasteiger charge is -2.13. The highest BCUT2D eigenvalue weighted by atomic mass is 16.5. The number of aromatic nitrogens is 2. The molecule has 5 heteroatoms. The molecule has 0 aliphatic carbocycles. The molecule has 1 aromatic heterocycles. The summed E-state index contributed by atoms with van der Waals surface area (Å²) < 4.78 is 6.84. The smallest absolute Gasteiger partial charge is 0.120 e. The number of nitrogens with zero attached hydrogens (tertiary/aromatic N) is 2. The second-order valence-electron chi connectivity index (χ2n) is 3.99. The van der Waals surface area contributed by atoms with Crippen LogP contribution in [0.3, 0.4) is 0 Å². The van der Waals surface area contributed by atoms with E-state index in [2.05, 4.69) is 10.4 Å². The SMILES string of the molecule is COc1cccc(NCC(O)Cn2cccn2)c1. The van der Waals surface area contributed by atoms with Crippen molar-refractivity contribution in [3.8, 4) is 5.75 Å². The van der Waals surface area contributed by atoms with Crippen LogP contribution in [-0.2, 0) is 6.54 Å². The Kier molecular flexibility index (Phi) is 4.20. The number of methoxy groups -OCH3 is 1. The van der Waals surface area contributed by atoms with Gasteiger partial charge in [-0.2, -0.15) is 5.10 Å². The molecule has 0 fully saturated rings. The molecule has 0 saturated heterocycles. The monoisotopic (exact) mass is 247 g/mol. The van der Waals surface area contributed by atoms with Crippen LogP contribution in [0, 0.1) is 0 Å². The lowest BCUT2D eigenvalue weighted by Crippen LogP contribution is -2.25. The van der Waals surface area contributed by atoms with Crippen molar-refractivity contribution in [2.75, 3.05) is 19.0 Å². The van der Waals surface area contributed by atoms with Crippen LogP contribution in [0.2, 0.25) is 0 Å². The molecule has 1 unspecified atom stereocenters. The van der Waals surface area contributed by atoms with Crippen LogP contribution in [-0.4, -0.2) is 34.6 Å². The average molecular weight is 247 g/mol. The Labute approximate surface area is 106 Å². The third-order valence-corrected chi connectivity index (χ3v) is 2.57. The molecular weight excluding hydrogens is 230 g/mol. The van der Waals surface area contributed by atoms with E-state index < -0.39 is 6.10 Å². The van der Waals surface area contributed by atoms with E-state index in [1.54, 1.807) is 18.0 Å². The van der Waals surface area contributed by atoms with Crippen LogP contribution >= 0.6 is 0 Å². The topological polar surface area (TPSA) is 59.3 Å². The van der Waals surface area contributed by atoms with E-state index in [-0.39, 0.29) is 0 Å². The molecule has 2 rings (SSSR count). The number of rotatable bonds is 6. The first-order valence-corrected chi connectivity index (χ1v) is 5.81. The van der Waals surface area contributed by atoms with E-state index in [0.29, 0.717) is 13.1 Å². The Morgan fingerprint density at radius 3 is 3.06 bits per heavy atom. The molecule has 0 bridgehead atoms. The second kappa shape index (κ2) is 6.07. The molecule has 96 valence electrons. The first-order chi connectivity index (χ1) is 8.78. The standard InChI is InChI=1S/C13H17N3O2/c1-18-13-5-2-4-11(8-13)14-9-12(17)10-16-7-3-6-15-16/h2-8,12,14,17H,9-10H2,1H3. The number of ether oxygens (including phenoxy) is 1. The quantitative estimate of drug-likeness (QED) is 0.809. The summed E-state index contributed by atoms with van der Waals surface area (Å²) in [4.78, 5) is 0. The van der Waals surface area contributed by atoms with Gasteiger partial charge in [-0.3, -0.25) is 4.68 Å². The molecular formula is C13H17N3O2. The summed E-state index contributed by atoms with van der Waals surface area (Å²) in [6, 6.07) is 9.44. The molecule has 0 amide bonds. The summed E-state index contributed by atoms with van der Waals surface area (Å²) in [5, 5.41) is 17.1. The minimum absolute atomic E-state index is 0.465. The average Bonchev–Trinajstić information content (AvgIpc) is 2.89. The molecule has 0 saturated carbocycles. The van der Waals surface area contributed by atoms with Gasteiger partial charge in [0.25, 0.3) is 0 Å². The first kappa shape index (κ1) is 12.4. The number of anilines is 1. The fourth-order valence-corrected chi connectivity index (χ4v) is 1.66. The lowest BCUT2D eigenvalue weighted by atomic mass is 10.3. The molecule has 0 radical (unpaired) electrons. The summed E-state index contributed by atoms with van der Waals surface area (Å²) in [5.74, 6) is 0.793. The van der Waals surface area contributed by atoms with Gasteiger partial charge in [-0.1, -0.05) is 6.07 Å². The predicted molar refractivity (Wildman–Crippen MR) is 69.7 cm³/mol. The highest BCUT2D eigenvalue weighted by Gasteiger charge is 2.05. The lowest BCUT2D eigenvalue weighted by molar-refractivity contribution is 0.161. The third-order valence-electron chi connectivity index (χ3n) is 2.57. The number of hydrogen-bond donors (Lipinski definition) is 2. The fourth-order valence-electron chi connectivity index (χ4n) is 1.66. The molecule has 1 aromatic carbocycles. The summed E-state index contributed by atoms with van der Waals surface area (Å²) in [5.41, 5.74) is 0.925. The molecule has 0 aliphatic rings. The van der Waals surface area contributed by atoms with E-state index in [9.17, 15) is 5.11 Å². The Bertz CT molecular complexity index is 471. The molecule has 0 spiro atoms. The van der Waals surface area contributed by atoms with Gasteiger partial charge in [0.2, 0.25) is 0 Å². The number of nitrogens with one attached hydrogen (secondary N) is 1. The van der Waals surface area contributed by atoms with Gasteiger partial charge < -0.3 is 15.2 Å². The first-order valence-electron chi connectivity index (χ1n) is 5.81. The summed E-state index contributed by atoms with van der Waals surface area (Å²) in [6.45, 7) is 0.941. The van der Waals surface area contributed by atoms with Crippen LogP contribution < -0.4 is 10.1 Å². The Morgan fingerprint density at radius 2 is 2.33 bits per heavy atom. The zero-order valence-electron chi connectivity index (χ0n) is 10.3. The number of hydrogen-bond acceptors (Lipinski definition) is 4. The van der Waals surface area contributed by atoms with E-state index in [1.165, 1.54) is 0 Å². The maximum Gasteiger partial charge on any atom is 0.120 e.